The summed E-state index contributed by atoms with van der Waals surface area (Å²) in [7, 11) is 0. The van der Waals surface area contributed by atoms with Crippen molar-refractivity contribution < 1.29 is 9.53 Å². The minimum Gasteiger partial charge on any atom is -0.444 e. The van der Waals surface area contributed by atoms with Crippen molar-refractivity contribution in [2.45, 2.75) is 39.2 Å². The van der Waals surface area contributed by atoms with E-state index in [2.05, 4.69) is 39.5 Å². The molecule has 0 unspecified atom stereocenters. The van der Waals surface area contributed by atoms with Gasteiger partial charge in [0.05, 0.1) is 11.9 Å². The number of nitrogens with one attached hydrogen (secondary N) is 1. The van der Waals surface area contributed by atoms with Gasteiger partial charge in [-0.2, -0.15) is 0 Å². The number of aromatic nitrogens is 1. The van der Waals surface area contributed by atoms with Crippen LogP contribution < -0.4 is 10.2 Å². The van der Waals surface area contributed by atoms with Crippen LogP contribution in [0.1, 0.15) is 32.8 Å². The molecule has 5 heteroatoms. The normalized spacial score (nSPS) is 14.0. The van der Waals surface area contributed by atoms with Crippen LogP contribution >= 0.6 is 0 Å². The predicted molar refractivity (Wildman–Crippen MR) is 95.9 cm³/mol. The number of hydrogen-bond donors (Lipinski definition) is 1. The van der Waals surface area contributed by atoms with Crippen LogP contribution in [0, 0.1) is 0 Å². The lowest BCUT2D eigenvalue weighted by Gasteiger charge is -2.30. The lowest BCUT2D eigenvalue weighted by Crippen LogP contribution is -2.27. The lowest BCUT2D eigenvalue weighted by molar-refractivity contribution is 0.0636. The van der Waals surface area contributed by atoms with Crippen LogP contribution in [0.15, 0.2) is 42.6 Å². The molecule has 0 saturated carbocycles. The summed E-state index contributed by atoms with van der Waals surface area (Å²) in [5, 5.41) is 2.71. The minimum atomic E-state index is -0.519. The van der Waals surface area contributed by atoms with E-state index in [1.807, 2.05) is 32.9 Å². The molecular weight excluding hydrogens is 302 g/mol. The van der Waals surface area contributed by atoms with Crippen molar-refractivity contribution in [2.75, 3.05) is 16.8 Å². The van der Waals surface area contributed by atoms with Crippen molar-refractivity contribution in [2.24, 2.45) is 0 Å². The standard InChI is InChI=1S/C19H23N3O2/c1-19(2,3)24-18(23)21-15-10-11-17(20-13-15)22-12-6-8-14-7-4-5-9-16(14)22/h4-5,7,9-11,13H,6,8,12H2,1-3H3,(H,21,23). The van der Waals surface area contributed by atoms with Gasteiger partial charge in [0.15, 0.2) is 0 Å². The molecule has 3 rings (SSSR count). The van der Waals surface area contributed by atoms with E-state index < -0.39 is 11.7 Å². The number of aryl methyl sites for hydroxylation is 1. The predicted octanol–water partition coefficient (Wildman–Crippen LogP) is 4.51. The lowest BCUT2D eigenvalue weighted by atomic mass is 10.0. The number of amides is 1. The molecule has 0 atom stereocenters. The molecule has 0 radical (unpaired) electrons. The fourth-order valence-corrected chi connectivity index (χ4v) is 2.81. The average Bonchev–Trinajstić information content (AvgIpc) is 2.53. The molecule has 126 valence electrons. The van der Waals surface area contributed by atoms with E-state index in [1.54, 1.807) is 6.20 Å². The maximum Gasteiger partial charge on any atom is 0.412 e. The number of rotatable bonds is 2. The SMILES string of the molecule is CC(C)(C)OC(=O)Nc1ccc(N2CCCc3ccccc32)nc1. The highest BCUT2D eigenvalue weighted by atomic mass is 16.6. The fraction of sp³-hybridized carbons (Fsp3) is 0.368. The van der Waals surface area contributed by atoms with Gasteiger partial charge in [-0.1, -0.05) is 18.2 Å². The van der Waals surface area contributed by atoms with Gasteiger partial charge in [-0.05, 0) is 57.4 Å². The Morgan fingerprint density at radius 1 is 1.21 bits per heavy atom. The van der Waals surface area contributed by atoms with Crippen LogP contribution in [0.5, 0.6) is 0 Å². The second kappa shape index (κ2) is 6.51. The molecule has 0 saturated heterocycles. The number of benzene rings is 1. The Labute approximate surface area is 142 Å². The summed E-state index contributed by atoms with van der Waals surface area (Å²) in [4.78, 5) is 18.5. The third-order valence-electron chi connectivity index (χ3n) is 3.78. The average molecular weight is 325 g/mol. The zero-order valence-electron chi connectivity index (χ0n) is 14.4. The summed E-state index contributed by atoms with van der Waals surface area (Å²) < 4.78 is 5.25. The van der Waals surface area contributed by atoms with Gasteiger partial charge in [0, 0.05) is 12.2 Å². The number of pyridine rings is 1. The highest BCUT2D eigenvalue weighted by Gasteiger charge is 2.19. The van der Waals surface area contributed by atoms with Crippen molar-refractivity contribution in [3.05, 3.63) is 48.2 Å². The van der Waals surface area contributed by atoms with E-state index in [0.717, 1.165) is 25.2 Å². The van der Waals surface area contributed by atoms with Crippen LogP contribution in [0.3, 0.4) is 0 Å². The van der Waals surface area contributed by atoms with E-state index in [9.17, 15) is 4.79 Å². The molecule has 24 heavy (non-hydrogen) atoms. The summed E-state index contributed by atoms with van der Waals surface area (Å²) in [6, 6.07) is 12.2. The first-order chi connectivity index (χ1) is 11.4. The smallest absolute Gasteiger partial charge is 0.412 e. The summed E-state index contributed by atoms with van der Waals surface area (Å²) in [5.41, 5.74) is 2.67. The molecule has 1 aliphatic rings. The maximum atomic E-state index is 11.8. The van der Waals surface area contributed by atoms with Crippen molar-refractivity contribution in [1.82, 2.24) is 4.98 Å². The Morgan fingerprint density at radius 3 is 2.71 bits per heavy atom. The molecule has 1 aromatic carbocycles. The second-order valence-corrected chi connectivity index (χ2v) is 6.92. The summed E-state index contributed by atoms with van der Waals surface area (Å²) in [5.74, 6) is 0.886. The first kappa shape index (κ1) is 16.3. The number of nitrogens with zero attached hydrogens (tertiary/aromatic N) is 2. The Bertz CT molecular complexity index is 720. The number of para-hydroxylation sites is 1. The highest BCUT2D eigenvalue weighted by Crippen LogP contribution is 2.32. The molecule has 0 spiro atoms. The summed E-state index contributed by atoms with van der Waals surface area (Å²) in [6.45, 7) is 6.45. The topological polar surface area (TPSA) is 54.5 Å². The van der Waals surface area contributed by atoms with Gasteiger partial charge < -0.3 is 9.64 Å². The molecule has 5 nitrogen and oxygen atoms in total. The Hall–Kier alpha value is -2.56. The van der Waals surface area contributed by atoms with Gasteiger partial charge >= 0.3 is 6.09 Å². The molecule has 1 amide bonds. The van der Waals surface area contributed by atoms with E-state index in [-0.39, 0.29) is 0 Å². The number of carbonyl (C=O) groups is 1. The van der Waals surface area contributed by atoms with Crippen LogP contribution in [-0.4, -0.2) is 23.2 Å². The van der Waals surface area contributed by atoms with Gasteiger partial charge in [-0.3, -0.25) is 5.32 Å². The van der Waals surface area contributed by atoms with E-state index >= 15 is 0 Å². The zero-order valence-corrected chi connectivity index (χ0v) is 14.4. The maximum absolute atomic E-state index is 11.8. The molecule has 0 bridgehead atoms. The summed E-state index contributed by atoms with van der Waals surface area (Å²) in [6.07, 6.45) is 3.40. The van der Waals surface area contributed by atoms with Gasteiger partial charge in [-0.15, -0.1) is 0 Å². The zero-order chi connectivity index (χ0) is 17.2. The van der Waals surface area contributed by atoms with E-state index in [1.165, 1.54) is 11.3 Å². The second-order valence-electron chi connectivity index (χ2n) is 6.92. The number of hydrogen-bond acceptors (Lipinski definition) is 4. The fourth-order valence-electron chi connectivity index (χ4n) is 2.81. The summed E-state index contributed by atoms with van der Waals surface area (Å²) >= 11 is 0. The highest BCUT2D eigenvalue weighted by molar-refractivity contribution is 5.84. The van der Waals surface area contributed by atoms with Crippen LogP contribution in [0.25, 0.3) is 0 Å². The third kappa shape index (κ3) is 3.85. The van der Waals surface area contributed by atoms with Gasteiger partial charge in [0.2, 0.25) is 0 Å². The van der Waals surface area contributed by atoms with E-state index in [0.29, 0.717) is 5.69 Å². The van der Waals surface area contributed by atoms with Crippen molar-refractivity contribution in [3.63, 3.8) is 0 Å². The van der Waals surface area contributed by atoms with Crippen molar-refractivity contribution >= 4 is 23.3 Å². The first-order valence-electron chi connectivity index (χ1n) is 8.24. The third-order valence-corrected chi connectivity index (χ3v) is 3.78. The Kier molecular flexibility index (Phi) is 4.42. The minimum absolute atomic E-state index is 0.472. The van der Waals surface area contributed by atoms with E-state index in [4.69, 9.17) is 4.74 Å². The first-order valence-corrected chi connectivity index (χ1v) is 8.24. The number of ether oxygens (including phenoxy) is 1. The number of fused-ring (bicyclic) bond motifs is 1. The van der Waals surface area contributed by atoms with Crippen LogP contribution in [-0.2, 0) is 11.2 Å². The molecular formula is C19H23N3O2. The Morgan fingerprint density at radius 2 is 2.00 bits per heavy atom. The molecule has 0 aliphatic carbocycles. The number of anilines is 3. The quantitative estimate of drug-likeness (QED) is 0.882. The van der Waals surface area contributed by atoms with Crippen molar-refractivity contribution in [3.8, 4) is 0 Å². The molecule has 1 aromatic heterocycles. The largest absolute Gasteiger partial charge is 0.444 e. The molecule has 2 aromatic rings. The van der Waals surface area contributed by atoms with Crippen LogP contribution in [0.4, 0.5) is 22.0 Å². The van der Waals surface area contributed by atoms with Gasteiger partial charge in [0.1, 0.15) is 11.4 Å². The molecule has 0 fully saturated rings. The van der Waals surface area contributed by atoms with Gasteiger partial charge in [-0.25, -0.2) is 9.78 Å². The monoisotopic (exact) mass is 325 g/mol. The molecule has 1 N–H and O–H groups in total. The van der Waals surface area contributed by atoms with Gasteiger partial charge in [0.25, 0.3) is 0 Å². The Balaban J connectivity index is 1.73. The van der Waals surface area contributed by atoms with Crippen LogP contribution in [0.2, 0.25) is 0 Å². The molecule has 1 aliphatic heterocycles. The van der Waals surface area contributed by atoms with Crippen molar-refractivity contribution in [1.29, 1.82) is 0 Å². The molecule has 2 heterocycles. The number of carbonyl (C=O) groups excluding carboxylic acids is 1.